The maximum atomic E-state index is 12.7. The smallest absolute Gasteiger partial charge is 0.297 e. The van der Waals surface area contributed by atoms with E-state index in [0.29, 0.717) is 16.8 Å². The summed E-state index contributed by atoms with van der Waals surface area (Å²) in [6.07, 6.45) is 3.24. The van der Waals surface area contributed by atoms with Crippen LogP contribution < -0.4 is 16.2 Å². The molecule has 1 saturated carbocycles. The Morgan fingerprint density at radius 1 is 1.13 bits per heavy atom. The van der Waals surface area contributed by atoms with Crippen molar-refractivity contribution >= 4 is 39.6 Å². The van der Waals surface area contributed by atoms with Gasteiger partial charge < -0.3 is 15.1 Å². The summed E-state index contributed by atoms with van der Waals surface area (Å²) in [4.78, 5) is 41.4. The SMILES string of the molecule is O=C(Cn1cnc2c(oc3ccccc32)c1=O)NCc1cccc(NC(=O)C2CC2)c1. The van der Waals surface area contributed by atoms with Gasteiger partial charge in [-0.1, -0.05) is 24.3 Å². The fourth-order valence-electron chi connectivity index (χ4n) is 3.49. The minimum atomic E-state index is -0.402. The van der Waals surface area contributed by atoms with Crippen molar-refractivity contribution in [3.8, 4) is 0 Å². The molecule has 156 valence electrons. The molecular formula is C23H20N4O4. The summed E-state index contributed by atoms with van der Waals surface area (Å²) >= 11 is 0. The molecule has 1 fully saturated rings. The maximum absolute atomic E-state index is 12.7. The summed E-state index contributed by atoms with van der Waals surface area (Å²) in [7, 11) is 0. The minimum absolute atomic E-state index is 0.0361. The molecule has 0 atom stereocenters. The second-order valence-electron chi connectivity index (χ2n) is 7.69. The van der Waals surface area contributed by atoms with Gasteiger partial charge in [-0.15, -0.1) is 0 Å². The highest BCUT2D eigenvalue weighted by Gasteiger charge is 2.29. The van der Waals surface area contributed by atoms with Gasteiger partial charge in [0.15, 0.2) is 0 Å². The van der Waals surface area contributed by atoms with Crippen LogP contribution in [0.2, 0.25) is 0 Å². The molecule has 5 rings (SSSR count). The topological polar surface area (TPSA) is 106 Å². The Morgan fingerprint density at radius 3 is 2.81 bits per heavy atom. The lowest BCUT2D eigenvalue weighted by Crippen LogP contribution is -2.32. The summed E-state index contributed by atoms with van der Waals surface area (Å²) in [6, 6.07) is 14.6. The Morgan fingerprint density at radius 2 is 1.97 bits per heavy atom. The molecule has 8 heteroatoms. The number of nitrogens with zero attached hydrogens (tertiary/aromatic N) is 2. The molecule has 2 N–H and O–H groups in total. The number of furan rings is 1. The quantitative estimate of drug-likeness (QED) is 0.503. The molecule has 2 amide bonds. The fourth-order valence-corrected chi connectivity index (χ4v) is 3.49. The van der Waals surface area contributed by atoms with E-state index in [-0.39, 0.29) is 36.4 Å². The monoisotopic (exact) mass is 416 g/mol. The van der Waals surface area contributed by atoms with Gasteiger partial charge in [-0.2, -0.15) is 0 Å². The van der Waals surface area contributed by atoms with Crippen LogP contribution in [0, 0.1) is 5.92 Å². The lowest BCUT2D eigenvalue weighted by Gasteiger charge is -2.09. The molecule has 4 aromatic rings. The Bertz CT molecular complexity index is 1370. The van der Waals surface area contributed by atoms with Gasteiger partial charge in [-0.05, 0) is 42.7 Å². The van der Waals surface area contributed by atoms with Crippen LogP contribution in [-0.4, -0.2) is 21.4 Å². The third-order valence-corrected chi connectivity index (χ3v) is 5.30. The molecule has 0 saturated heterocycles. The molecule has 2 aromatic carbocycles. The first kappa shape index (κ1) is 19.0. The van der Waals surface area contributed by atoms with Gasteiger partial charge in [-0.3, -0.25) is 19.0 Å². The molecule has 0 spiro atoms. The number of amides is 2. The van der Waals surface area contributed by atoms with Gasteiger partial charge in [0.25, 0.3) is 5.56 Å². The average molecular weight is 416 g/mol. The van der Waals surface area contributed by atoms with E-state index in [1.807, 2.05) is 42.5 Å². The van der Waals surface area contributed by atoms with E-state index in [2.05, 4.69) is 15.6 Å². The summed E-state index contributed by atoms with van der Waals surface area (Å²) < 4.78 is 6.87. The number of aromatic nitrogens is 2. The molecule has 1 aliphatic carbocycles. The van der Waals surface area contributed by atoms with Gasteiger partial charge in [0, 0.05) is 23.5 Å². The average Bonchev–Trinajstić information content (AvgIpc) is 3.56. The number of fused-ring (bicyclic) bond motifs is 3. The van der Waals surface area contributed by atoms with Crippen molar-refractivity contribution in [1.82, 2.24) is 14.9 Å². The van der Waals surface area contributed by atoms with Crippen molar-refractivity contribution in [2.24, 2.45) is 5.92 Å². The highest BCUT2D eigenvalue weighted by molar-refractivity contribution is 6.01. The predicted molar refractivity (Wildman–Crippen MR) is 115 cm³/mol. The van der Waals surface area contributed by atoms with Crippen LogP contribution in [0.1, 0.15) is 18.4 Å². The fraction of sp³-hybridized carbons (Fsp3) is 0.217. The van der Waals surface area contributed by atoms with Crippen LogP contribution in [0.15, 0.2) is 64.1 Å². The van der Waals surface area contributed by atoms with Gasteiger partial charge in [0.2, 0.25) is 17.4 Å². The highest BCUT2D eigenvalue weighted by Crippen LogP contribution is 2.30. The number of hydrogen-bond donors (Lipinski definition) is 2. The van der Waals surface area contributed by atoms with Crippen molar-refractivity contribution in [1.29, 1.82) is 0 Å². The van der Waals surface area contributed by atoms with Gasteiger partial charge in [0.05, 0.1) is 6.33 Å². The number of rotatable bonds is 6. The van der Waals surface area contributed by atoms with E-state index < -0.39 is 5.56 Å². The third kappa shape index (κ3) is 3.92. The van der Waals surface area contributed by atoms with Crippen LogP contribution in [0.3, 0.4) is 0 Å². The number of hydrogen-bond acceptors (Lipinski definition) is 5. The molecule has 1 aliphatic rings. The number of carbonyl (C=O) groups is 2. The normalized spacial score (nSPS) is 13.4. The second kappa shape index (κ2) is 7.71. The molecule has 2 aromatic heterocycles. The largest absolute Gasteiger partial charge is 0.448 e. The highest BCUT2D eigenvalue weighted by atomic mass is 16.3. The van der Waals surface area contributed by atoms with E-state index in [1.54, 1.807) is 6.07 Å². The van der Waals surface area contributed by atoms with E-state index in [1.165, 1.54) is 10.9 Å². The number of para-hydroxylation sites is 1. The first-order valence-corrected chi connectivity index (χ1v) is 10.1. The molecule has 2 heterocycles. The zero-order chi connectivity index (χ0) is 21.4. The van der Waals surface area contributed by atoms with Crippen LogP contribution in [-0.2, 0) is 22.7 Å². The zero-order valence-corrected chi connectivity index (χ0v) is 16.6. The molecule has 0 bridgehead atoms. The Kier molecular flexibility index (Phi) is 4.74. The first-order valence-electron chi connectivity index (χ1n) is 10.1. The summed E-state index contributed by atoms with van der Waals surface area (Å²) in [6.45, 7) is 0.109. The second-order valence-corrected chi connectivity index (χ2v) is 7.69. The molecule has 31 heavy (non-hydrogen) atoms. The Labute approximate surface area is 176 Å². The molecule has 0 unspecified atom stereocenters. The van der Waals surface area contributed by atoms with Gasteiger partial charge >= 0.3 is 0 Å². The summed E-state index contributed by atoms with van der Waals surface area (Å²) in [5, 5.41) is 6.45. The van der Waals surface area contributed by atoms with Crippen LogP contribution >= 0.6 is 0 Å². The van der Waals surface area contributed by atoms with E-state index >= 15 is 0 Å². The number of benzene rings is 2. The van der Waals surface area contributed by atoms with Crippen LogP contribution in [0.4, 0.5) is 5.69 Å². The predicted octanol–water partition coefficient (Wildman–Crippen LogP) is 2.81. The molecule has 0 radical (unpaired) electrons. The van der Waals surface area contributed by atoms with Crippen molar-refractivity contribution in [2.45, 2.75) is 25.9 Å². The van der Waals surface area contributed by atoms with Crippen molar-refractivity contribution < 1.29 is 14.0 Å². The van der Waals surface area contributed by atoms with Crippen LogP contribution in [0.25, 0.3) is 22.1 Å². The van der Waals surface area contributed by atoms with Crippen molar-refractivity contribution in [2.75, 3.05) is 5.32 Å². The zero-order valence-electron chi connectivity index (χ0n) is 16.6. The van der Waals surface area contributed by atoms with E-state index in [4.69, 9.17) is 4.42 Å². The van der Waals surface area contributed by atoms with Crippen LogP contribution in [0.5, 0.6) is 0 Å². The number of nitrogens with one attached hydrogen (secondary N) is 2. The summed E-state index contributed by atoms with van der Waals surface area (Å²) in [5.74, 6) is -0.166. The Hall–Kier alpha value is -3.94. The van der Waals surface area contributed by atoms with E-state index in [0.717, 1.165) is 23.8 Å². The van der Waals surface area contributed by atoms with Crippen molar-refractivity contribution in [3.05, 3.63) is 70.8 Å². The van der Waals surface area contributed by atoms with Crippen molar-refractivity contribution in [3.63, 3.8) is 0 Å². The first-order chi connectivity index (χ1) is 15.1. The molecule has 8 nitrogen and oxygen atoms in total. The lowest BCUT2D eigenvalue weighted by molar-refractivity contribution is -0.122. The lowest BCUT2D eigenvalue weighted by atomic mass is 10.2. The minimum Gasteiger partial charge on any atom is -0.448 e. The molecule has 0 aliphatic heterocycles. The maximum Gasteiger partial charge on any atom is 0.297 e. The number of carbonyl (C=O) groups excluding carboxylic acids is 2. The standard InChI is InChI=1S/C23H20N4O4/c28-19(24-11-14-4-3-5-16(10-14)26-22(29)15-8-9-15)12-27-13-25-20-17-6-1-2-7-18(17)31-21(20)23(27)30/h1-7,10,13,15H,8-9,11-12H2,(H,24,28)(H,26,29). The summed E-state index contributed by atoms with van der Waals surface area (Å²) in [5.41, 5.74) is 2.36. The third-order valence-electron chi connectivity index (χ3n) is 5.30. The Balaban J connectivity index is 1.26. The molecular weight excluding hydrogens is 396 g/mol. The van der Waals surface area contributed by atoms with Gasteiger partial charge in [-0.25, -0.2) is 4.98 Å². The van der Waals surface area contributed by atoms with E-state index in [9.17, 15) is 14.4 Å². The van der Waals surface area contributed by atoms with Gasteiger partial charge in [0.1, 0.15) is 17.6 Å². The number of anilines is 1.